The number of benzene rings is 1. The van der Waals surface area contributed by atoms with Crippen LogP contribution in [0.1, 0.15) is 48.0 Å². The number of fused-ring (bicyclic) bond motifs is 1. The van der Waals surface area contributed by atoms with Crippen molar-refractivity contribution in [2.45, 2.75) is 39.5 Å². The fourth-order valence-electron chi connectivity index (χ4n) is 3.93. The minimum Gasteiger partial charge on any atom is -0.336 e. The van der Waals surface area contributed by atoms with Crippen LogP contribution < -0.4 is 0 Å². The van der Waals surface area contributed by atoms with Gasteiger partial charge in [-0.2, -0.15) is 0 Å². The van der Waals surface area contributed by atoms with Gasteiger partial charge < -0.3 is 9.30 Å². The lowest BCUT2D eigenvalue weighted by atomic mass is 9.93. The summed E-state index contributed by atoms with van der Waals surface area (Å²) in [7, 11) is 0. The van der Waals surface area contributed by atoms with Crippen LogP contribution in [0.15, 0.2) is 48.8 Å². The van der Waals surface area contributed by atoms with Crippen molar-refractivity contribution in [1.29, 1.82) is 0 Å². The maximum atomic E-state index is 13.2. The van der Waals surface area contributed by atoms with E-state index in [-0.39, 0.29) is 11.3 Å². The summed E-state index contributed by atoms with van der Waals surface area (Å²) in [6.07, 6.45) is 5.06. The van der Waals surface area contributed by atoms with Crippen LogP contribution in [0.5, 0.6) is 0 Å². The van der Waals surface area contributed by atoms with E-state index in [0.717, 1.165) is 50.5 Å². The minimum atomic E-state index is -0.0462. The van der Waals surface area contributed by atoms with E-state index in [1.807, 2.05) is 33.8 Å². The van der Waals surface area contributed by atoms with Gasteiger partial charge in [0.05, 0.1) is 11.3 Å². The molecule has 1 aliphatic heterocycles. The largest absolute Gasteiger partial charge is 0.336 e. The zero-order chi connectivity index (χ0) is 21.3. The predicted molar refractivity (Wildman–Crippen MR) is 121 cm³/mol. The second kappa shape index (κ2) is 8.23. The van der Waals surface area contributed by atoms with Crippen LogP contribution in [0, 0.1) is 6.92 Å². The Kier molecular flexibility index (Phi) is 5.65. The maximum Gasteiger partial charge on any atom is 0.257 e. The predicted octanol–water partition coefficient (Wildman–Crippen LogP) is 3.94. The third-order valence-electron chi connectivity index (χ3n) is 5.98. The monoisotopic (exact) mass is 404 g/mol. The molecule has 1 amide bonds. The van der Waals surface area contributed by atoms with Crippen molar-refractivity contribution in [2.75, 3.05) is 32.7 Å². The van der Waals surface area contributed by atoms with Crippen LogP contribution in [0.2, 0.25) is 0 Å². The molecule has 1 aliphatic rings. The number of carbonyl (C=O) groups excluding carboxylic acids is 1. The van der Waals surface area contributed by atoms with Crippen molar-refractivity contribution in [1.82, 2.24) is 19.2 Å². The quantitative estimate of drug-likeness (QED) is 0.661. The Hall–Kier alpha value is -2.66. The van der Waals surface area contributed by atoms with E-state index in [4.69, 9.17) is 4.98 Å². The number of hydrogen-bond acceptors (Lipinski definition) is 3. The number of imidazole rings is 1. The van der Waals surface area contributed by atoms with Crippen LogP contribution in [0.4, 0.5) is 0 Å². The highest BCUT2D eigenvalue weighted by atomic mass is 16.2. The van der Waals surface area contributed by atoms with Gasteiger partial charge in [-0.15, -0.1) is 0 Å². The van der Waals surface area contributed by atoms with Crippen molar-refractivity contribution in [3.05, 3.63) is 71.2 Å². The Labute approximate surface area is 179 Å². The molecule has 0 spiro atoms. The van der Waals surface area contributed by atoms with E-state index in [1.165, 1.54) is 11.1 Å². The molecule has 5 heteroatoms. The van der Waals surface area contributed by atoms with E-state index in [0.29, 0.717) is 5.56 Å². The Morgan fingerprint density at radius 1 is 1.03 bits per heavy atom. The summed E-state index contributed by atoms with van der Waals surface area (Å²) in [5.74, 6) is 0.0878. The highest BCUT2D eigenvalue weighted by Crippen LogP contribution is 2.23. The van der Waals surface area contributed by atoms with E-state index >= 15 is 0 Å². The minimum absolute atomic E-state index is 0.0462. The average Bonchev–Trinajstić information content (AvgIpc) is 3.18. The van der Waals surface area contributed by atoms with E-state index in [9.17, 15) is 4.79 Å². The van der Waals surface area contributed by atoms with Gasteiger partial charge in [0, 0.05) is 50.5 Å². The highest BCUT2D eigenvalue weighted by Gasteiger charge is 2.25. The first-order chi connectivity index (χ1) is 14.3. The number of rotatable bonds is 4. The number of pyridine rings is 1. The molecule has 4 rings (SSSR count). The van der Waals surface area contributed by atoms with Gasteiger partial charge in [0.2, 0.25) is 0 Å². The van der Waals surface area contributed by atoms with Gasteiger partial charge >= 0.3 is 0 Å². The van der Waals surface area contributed by atoms with Crippen molar-refractivity contribution in [3.63, 3.8) is 0 Å². The van der Waals surface area contributed by atoms with Crippen LogP contribution >= 0.6 is 0 Å². The molecule has 158 valence electrons. The van der Waals surface area contributed by atoms with Crippen molar-refractivity contribution in [2.24, 2.45) is 0 Å². The summed E-state index contributed by atoms with van der Waals surface area (Å²) >= 11 is 0. The van der Waals surface area contributed by atoms with Gasteiger partial charge in [-0.1, -0.05) is 50.6 Å². The molecule has 0 N–H and O–H groups in total. The number of hydrogen-bond donors (Lipinski definition) is 0. The molecule has 0 bridgehead atoms. The molecule has 1 saturated heterocycles. The molecular weight excluding hydrogens is 372 g/mol. The molecule has 30 heavy (non-hydrogen) atoms. The van der Waals surface area contributed by atoms with Gasteiger partial charge in [0.15, 0.2) is 0 Å². The molecule has 0 aliphatic carbocycles. The first-order valence-corrected chi connectivity index (χ1v) is 10.9. The lowest BCUT2D eigenvalue weighted by Crippen LogP contribution is -2.49. The molecule has 3 heterocycles. The fraction of sp³-hybridized carbons (Fsp3) is 0.440. The topological polar surface area (TPSA) is 40.9 Å². The van der Waals surface area contributed by atoms with Gasteiger partial charge in [-0.05, 0) is 31.0 Å². The molecule has 3 aromatic rings. The van der Waals surface area contributed by atoms with Gasteiger partial charge in [-0.25, -0.2) is 4.98 Å². The smallest absolute Gasteiger partial charge is 0.257 e. The summed E-state index contributed by atoms with van der Waals surface area (Å²) in [6, 6.07) is 12.6. The van der Waals surface area contributed by atoms with E-state index in [2.05, 4.69) is 56.9 Å². The van der Waals surface area contributed by atoms with Crippen molar-refractivity contribution >= 4 is 11.6 Å². The SMILES string of the molecule is Cc1ccc(CCN2CCN(C(=O)c3cccn4cc(C(C)(C)C)nc34)CC2)cc1. The number of carbonyl (C=O) groups is 1. The number of aryl methyl sites for hydroxylation is 1. The molecule has 0 saturated carbocycles. The molecular formula is C25H32N4O. The Bertz CT molecular complexity index is 1020. The summed E-state index contributed by atoms with van der Waals surface area (Å²) in [5.41, 5.74) is 5.09. The van der Waals surface area contributed by atoms with Gasteiger partial charge in [0.25, 0.3) is 5.91 Å². The second-order valence-corrected chi connectivity index (χ2v) is 9.40. The molecule has 5 nitrogen and oxygen atoms in total. The summed E-state index contributed by atoms with van der Waals surface area (Å²) in [5, 5.41) is 0. The van der Waals surface area contributed by atoms with Gasteiger partial charge in [-0.3, -0.25) is 9.69 Å². The maximum absolute atomic E-state index is 13.2. The molecule has 1 aromatic carbocycles. The Morgan fingerprint density at radius 3 is 2.40 bits per heavy atom. The van der Waals surface area contributed by atoms with Crippen LogP contribution in [-0.2, 0) is 11.8 Å². The molecule has 0 unspecified atom stereocenters. The first-order valence-electron chi connectivity index (χ1n) is 10.9. The number of nitrogens with zero attached hydrogens (tertiary/aromatic N) is 4. The zero-order valence-electron chi connectivity index (χ0n) is 18.6. The third-order valence-corrected chi connectivity index (χ3v) is 5.98. The average molecular weight is 405 g/mol. The zero-order valence-corrected chi connectivity index (χ0v) is 18.6. The Morgan fingerprint density at radius 2 is 1.73 bits per heavy atom. The summed E-state index contributed by atoms with van der Waals surface area (Å²) in [6.45, 7) is 13.0. The summed E-state index contributed by atoms with van der Waals surface area (Å²) < 4.78 is 1.98. The van der Waals surface area contributed by atoms with Crippen LogP contribution in [0.3, 0.4) is 0 Å². The number of amides is 1. The first kappa shape index (κ1) is 20.6. The van der Waals surface area contributed by atoms with Crippen molar-refractivity contribution in [3.8, 4) is 0 Å². The van der Waals surface area contributed by atoms with E-state index < -0.39 is 0 Å². The summed E-state index contributed by atoms with van der Waals surface area (Å²) in [4.78, 5) is 22.5. The fourth-order valence-corrected chi connectivity index (χ4v) is 3.93. The standard InChI is InChI=1S/C25H32N4O/c1-19-7-9-20(10-8-19)11-13-27-14-16-28(17-15-27)24(30)21-6-5-12-29-18-22(25(2,3)4)26-23(21)29/h5-10,12,18H,11,13-17H2,1-4H3. The number of aromatic nitrogens is 2. The highest BCUT2D eigenvalue weighted by molar-refractivity contribution is 5.99. The molecule has 2 aromatic heterocycles. The van der Waals surface area contributed by atoms with Crippen molar-refractivity contribution < 1.29 is 4.79 Å². The Balaban J connectivity index is 1.39. The second-order valence-electron chi connectivity index (χ2n) is 9.40. The normalized spacial score (nSPS) is 15.7. The molecule has 0 radical (unpaired) electrons. The van der Waals surface area contributed by atoms with Crippen LogP contribution in [-0.4, -0.2) is 57.8 Å². The van der Waals surface area contributed by atoms with E-state index in [1.54, 1.807) is 0 Å². The lowest BCUT2D eigenvalue weighted by Gasteiger charge is -2.34. The molecule has 0 atom stereocenters. The van der Waals surface area contributed by atoms with Gasteiger partial charge in [0.1, 0.15) is 5.65 Å². The van der Waals surface area contributed by atoms with Crippen LogP contribution in [0.25, 0.3) is 5.65 Å². The number of piperazine rings is 1. The third kappa shape index (κ3) is 4.41. The molecule has 1 fully saturated rings. The lowest BCUT2D eigenvalue weighted by molar-refractivity contribution is 0.0640.